The number of thioether (sulfide) groups is 1. The van der Waals surface area contributed by atoms with Crippen molar-refractivity contribution in [1.29, 1.82) is 0 Å². The fraction of sp³-hybridized carbons (Fsp3) is 0.429. The molecular weight excluding hydrogens is 194 g/mol. The number of ether oxygens (including phenoxy) is 1. The van der Waals surface area contributed by atoms with Gasteiger partial charge in [-0.05, 0) is 6.08 Å². The van der Waals surface area contributed by atoms with Crippen molar-refractivity contribution in [2.45, 2.75) is 11.8 Å². The number of hydrogen-bond donors (Lipinski definition) is 1. The standard InChI is InChI=1S/C7H7NO4S/c9-4-3-6-8(4)5(1-2-13-6)12-7(10)11/h1,6H,2-3H2,(H,10,11)/t6-/m0/s1. The average Bonchev–Trinajstić information content (AvgIpc) is 2.00. The molecule has 0 unspecified atom stereocenters. The Labute approximate surface area is 78.3 Å². The van der Waals surface area contributed by atoms with Crippen LogP contribution in [0.1, 0.15) is 6.42 Å². The summed E-state index contributed by atoms with van der Waals surface area (Å²) in [5.74, 6) is 0.772. The van der Waals surface area contributed by atoms with Crippen LogP contribution in [0.3, 0.4) is 0 Å². The number of carbonyl (C=O) groups excluding carboxylic acids is 1. The average molecular weight is 201 g/mol. The summed E-state index contributed by atoms with van der Waals surface area (Å²) < 4.78 is 4.46. The molecule has 5 nitrogen and oxygen atoms in total. The molecule has 13 heavy (non-hydrogen) atoms. The van der Waals surface area contributed by atoms with E-state index in [9.17, 15) is 9.59 Å². The normalized spacial score (nSPS) is 25.8. The zero-order chi connectivity index (χ0) is 9.42. The van der Waals surface area contributed by atoms with E-state index >= 15 is 0 Å². The van der Waals surface area contributed by atoms with Gasteiger partial charge in [-0.3, -0.25) is 9.69 Å². The van der Waals surface area contributed by atoms with Gasteiger partial charge >= 0.3 is 6.16 Å². The molecule has 2 rings (SSSR count). The van der Waals surface area contributed by atoms with Gasteiger partial charge in [0.2, 0.25) is 11.8 Å². The zero-order valence-corrected chi connectivity index (χ0v) is 7.41. The fourth-order valence-electron chi connectivity index (χ4n) is 1.29. The molecular formula is C7H7NO4S. The largest absolute Gasteiger partial charge is 0.512 e. The molecule has 1 N–H and O–H groups in total. The lowest BCUT2D eigenvalue weighted by molar-refractivity contribution is -0.141. The molecule has 0 saturated carbocycles. The van der Waals surface area contributed by atoms with E-state index < -0.39 is 6.16 Å². The summed E-state index contributed by atoms with van der Waals surface area (Å²) in [6.07, 6.45) is 0.703. The lowest BCUT2D eigenvalue weighted by Gasteiger charge is -2.41. The Bertz CT molecular complexity index is 301. The Kier molecular flexibility index (Phi) is 1.91. The predicted molar refractivity (Wildman–Crippen MR) is 44.9 cm³/mol. The molecule has 2 aliphatic heterocycles. The molecule has 6 heteroatoms. The Balaban J connectivity index is 2.12. The van der Waals surface area contributed by atoms with Crippen molar-refractivity contribution in [3.63, 3.8) is 0 Å². The maximum atomic E-state index is 11.1. The highest BCUT2D eigenvalue weighted by Gasteiger charge is 2.42. The van der Waals surface area contributed by atoms with E-state index in [1.54, 1.807) is 17.8 Å². The minimum Gasteiger partial charge on any atom is -0.449 e. The van der Waals surface area contributed by atoms with E-state index in [4.69, 9.17) is 5.11 Å². The summed E-state index contributed by atoms with van der Waals surface area (Å²) in [5.41, 5.74) is 0. The van der Waals surface area contributed by atoms with Gasteiger partial charge in [0.25, 0.3) is 0 Å². The molecule has 2 aliphatic rings. The van der Waals surface area contributed by atoms with Gasteiger partial charge in [0, 0.05) is 5.75 Å². The second-order valence-electron chi connectivity index (χ2n) is 2.67. The summed E-state index contributed by atoms with van der Waals surface area (Å²) in [7, 11) is 0. The Hall–Kier alpha value is -1.17. The first-order chi connectivity index (χ1) is 6.18. The van der Waals surface area contributed by atoms with Crippen LogP contribution in [0.2, 0.25) is 0 Å². The smallest absolute Gasteiger partial charge is 0.449 e. The Morgan fingerprint density at radius 2 is 2.54 bits per heavy atom. The van der Waals surface area contributed by atoms with Gasteiger partial charge in [0.15, 0.2) is 0 Å². The van der Waals surface area contributed by atoms with Crippen LogP contribution in [-0.4, -0.2) is 33.2 Å². The SMILES string of the molecule is O=C(O)OC1=CCS[C@H]2CC(=O)N12. The van der Waals surface area contributed by atoms with Crippen LogP contribution in [-0.2, 0) is 9.53 Å². The number of hydrogen-bond acceptors (Lipinski definition) is 4. The molecule has 2 heterocycles. The zero-order valence-electron chi connectivity index (χ0n) is 6.60. The van der Waals surface area contributed by atoms with Crippen molar-refractivity contribution >= 4 is 23.8 Å². The predicted octanol–water partition coefficient (Wildman–Crippen LogP) is 0.828. The second kappa shape index (κ2) is 2.95. The maximum absolute atomic E-state index is 11.1. The lowest BCUT2D eigenvalue weighted by Crippen LogP contribution is -2.52. The van der Waals surface area contributed by atoms with Crippen LogP contribution in [0.25, 0.3) is 0 Å². The summed E-state index contributed by atoms with van der Waals surface area (Å²) in [4.78, 5) is 22.7. The molecule has 0 aliphatic carbocycles. The quantitative estimate of drug-likeness (QED) is 0.502. The van der Waals surface area contributed by atoms with Crippen molar-refractivity contribution in [3.8, 4) is 0 Å². The number of fused-ring (bicyclic) bond motifs is 1. The lowest BCUT2D eigenvalue weighted by atomic mass is 10.2. The number of β-lactam (4-membered cyclic amide) rings is 1. The van der Waals surface area contributed by atoms with Crippen LogP contribution in [0.4, 0.5) is 4.79 Å². The van der Waals surface area contributed by atoms with Crippen LogP contribution in [0.15, 0.2) is 12.0 Å². The van der Waals surface area contributed by atoms with Gasteiger partial charge in [-0.1, -0.05) is 0 Å². The van der Waals surface area contributed by atoms with Gasteiger partial charge in [-0.25, -0.2) is 4.79 Å². The third kappa shape index (κ3) is 1.37. The number of rotatable bonds is 1. The van der Waals surface area contributed by atoms with E-state index in [0.717, 1.165) is 0 Å². The van der Waals surface area contributed by atoms with Crippen molar-refractivity contribution in [2.75, 3.05) is 5.75 Å². The van der Waals surface area contributed by atoms with Gasteiger partial charge < -0.3 is 9.84 Å². The molecule has 1 saturated heterocycles. The molecule has 0 aromatic carbocycles. The Morgan fingerprint density at radius 3 is 3.15 bits per heavy atom. The van der Waals surface area contributed by atoms with Crippen molar-refractivity contribution in [1.82, 2.24) is 4.90 Å². The molecule has 1 fully saturated rings. The third-order valence-electron chi connectivity index (χ3n) is 1.88. The molecule has 0 radical (unpaired) electrons. The number of carbonyl (C=O) groups is 2. The highest BCUT2D eigenvalue weighted by Crippen LogP contribution is 2.37. The highest BCUT2D eigenvalue weighted by atomic mass is 32.2. The highest BCUT2D eigenvalue weighted by molar-refractivity contribution is 8.00. The number of carboxylic acid groups (broad SMARTS) is 1. The summed E-state index contributed by atoms with van der Waals surface area (Å²) in [5, 5.41) is 8.45. The first kappa shape index (κ1) is 8.43. The summed E-state index contributed by atoms with van der Waals surface area (Å²) >= 11 is 1.60. The van der Waals surface area contributed by atoms with Crippen LogP contribution >= 0.6 is 11.8 Å². The van der Waals surface area contributed by atoms with E-state index in [2.05, 4.69) is 4.74 Å². The molecule has 70 valence electrons. The van der Waals surface area contributed by atoms with E-state index in [1.165, 1.54) is 4.90 Å². The molecule has 1 atom stereocenters. The first-order valence-corrected chi connectivity index (χ1v) is 4.78. The topological polar surface area (TPSA) is 66.8 Å². The molecule has 0 spiro atoms. The molecule has 0 aromatic rings. The van der Waals surface area contributed by atoms with Crippen LogP contribution < -0.4 is 0 Å². The van der Waals surface area contributed by atoms with Gasteiger partial charge in [0.1, 0.15) is 0 Å². The molecule has 1 amide bonds. The van der Waals surface area contributed by atoms with E-state index in [0.29, 0.717) is 12.2 Å². The van der Waals surface area contributed by atoms with E-state index in [-0.39, 0.29) is 17.2 Å². The van der Waals surface area contributed by atoms with Gasteiger partial charge in [-0.15, -0.1) is 11.8 Å². The van der Waals surface area contributed by atoms with E-state index in [1.807, 2.05) is 0 Å². The van der Waals surface area contributed by atoms with Crippen molar-refractivity contribution in [3.05, 3.63) is 12.0 Å². The summed E-state index contributed by atoms with van der Waals surface area (Å²) in [6.45, 7) is 0. The van der Waals surface area contributed by atoms with Gasteiger partial charge in [0.05, 0.1) is 11.8 Å². The Morgan fingerprint density at radius 1 is 1.77 bits per heavy atom. The minimum absolute atomic E-state index is 0.0758. The monoisotopic (exact) mass is 201 g/mol. The minimum atomic E-state index is -1.38. The third-order valence-corrected chi connectivity index (χ3v) is 3.00. The molecule has 0 aromatic heterocycles. The van der Waals surface area contributed by atoms with Gasteiger partial charge in [-0.2, -0.15) is 0 Å². The number of amides is 1. The first-order valence-electron chi connectivity index (χ1n) is 3.73. The summed E-state index contributed by atoms with van der Waals surface area (Å²) in [6, 6.07) is 0. The fourth-order valence-corrected chi connectivity index (χ4v) is 2.39. The van der Waals surface area contributed by atoms with Crippen molar-refractivity contribution < 1.29 is 19.4 Å². The van der Waals surface area contributed by atoms with Crippen LogP contribution in [0, 0.1) is 0 Å². The second-order valence-corrected chi connectivity index (χ2v) is 3.88. The number of nitrogens with zero attached hydrogens (tertiary/aromatic N) is 1. The van der Waals surface area contributed by atoms with Crippen molar-refractivity contribution in [2.24, 2.45) is 0 Å². The molecule has 0 bridgehead atoms. The maximum Gasteiger partial charge on any atom is 0.512 e. The van der Waals surface area contributed by atoms with Crippen LogP contribution in [0.5, 0.6) is 0 Å².